The maximum atomic E-state index is 14.3. The highest BCUT2D eigenvalue weighted by molar-refractivity contribution is 7.74. The van der Waals surface area contributed by atoms with Crippen LogP contribution < -0.4 is 15.2 Å². The molecule has 0 radical (unpaired) electrons. The Morgan fingerprint density at radius 2 is 1.35 bits per heavy atom. The van der Waals surface area contributed by atoms with E-state index < -0.39 is 7.37 Å². The number of hydrogen-bond donors (Lipinski definition) is 0. The van der Waals surface area contributed by atoms with Crippen molar-refractivity contribution in [2.45, 2.75) is 13.8 Å². The van der Waals surface area contributed by atoms with Gasteiger partial charge >= 0.3 is 7.37 Å². The third kappa shape index (κ3) is 2.71. The van der Waals surface area contributed by atoms with Crippen molar-refractivity contribution < 1.29 is 9.19 Å². The predicted molar refractivity (Wildman–Crippen MR) is 103 cm³/mol. The molecular formula is C20H18N3O2P. The van der Waals surface area contributed by atoms with E-state index in [1.165, 1.54) is 4.85 Å². The number of benzene rings is 3. The molecule has 5 nitrogen and oxygen atoms in total. The quantitative estimate of drug-likeness (QED) is 0.522. The van der Waals surface area contributed by atoms with Crippen LogP contribution in [0.3, 0.4) is 0 Å². The lowest BCUT2D eigenvalue weighted by Crippen LogP contribution is -2.28. The monoisotopic (exact) mass is 363 g/mol. The molecule has 0 aliphatic carbocycles. The van der Waals surface area contributed by atoms with Crippen LogP contribution in [0.5, 0.6) is 0 Å². The molecule has 0 saturated heterocycles. The minimum Gasteiger partial charge on any atom is -0.329 e. The Bertz CT molecular complexity index is 1090. The largest absolute Gasteiger partial charge is 0.330 e. The van der Waals surface area contributed by atoms with Crippen molar-refractivity contribution in [3.05, 3.63) is 83.9 Å². The zero-order valence-electron chi connectivity index (χ0n) is 14.5. The van der Waals surface area contributed by atoms with Gasteiger partial charge in [-0.15, -0.1) is 5.10 Å². The first-order chi connectivity index (χ1) is 12.6. The van der Waals surface area contributed by atoms with E-state index in [4.69, 9.17) is 4.62 Å². The number of nitrogens with zero attached hydrogens (tertiary/aromatic N) is 3. The molecular weight excluding hydrogens is 345 g/mol. The standard InChI is InChI=1S/C20H18N3O2P/c1-15-9-3-7-13-19(15)26(24,20-14-8-4-10-16(20)2)25-23-18-12-6-5-11-17(18)21-22-23/h3-14H,1-2H3. The van der Waals surface area contributed by atoms with Crippen LogP contribution in [-0.4, -0.2) is 15.2 Å². The third-order valence-electron chi connectivity index (χ3n) is 4.38. The van der Waals surface area contributed by atoms with Gasteiger partial charge in [-0.3, -0.25) is 4.57 Å². The van der Waals surface area contributed by atoms with Crippen LogP contribution in [0.4, 0.5) is 0 Å². The highest BCUT2D eigenvalue weighted by Crippen LogP contribution is 2.43. The van der Waals surface area contributed by atoms with Gasteiger partial charge in [0.2, 0.25) is 0 Å². The molecule has 130 valence electrons. The first-order valence-corrected chi connectivity index (χ1v) is 9.95. The number of aromatic nitrogens is 3. The summed E-state index contributed by atoms with van der Waals surface area (Å²) >= 11 is 0. The van der Waals surface area contributed by atoms with Crippen molar-refractivity contribution in [2.24, 2.45) is 0 Å². The Balaban J connectivity index is 1.93. The first-order valence-electron chi connectivity index (χ1n) is 8.32. The molecule has 26 heavy (non-hydrogen) atoms. The Morgan fingerprint density at radius 1 is 0.808 bits per heavy atom. The van der Waals surface area contributed by atoms with Gasteiger partial charge in [0.05, 0.1) is 10.6 Å². The fourth-order valence-electron chi connectivity index (χ4n) is 3.02. The summed E-state index contributed by atoms with van der Waals surface area (Å²) in [6, 6.07) is 22.6. The molecule has 4 rings (SSSR count). The van der Waals surface area contributed by atoms with Gasteiger partial charge in [0.25, 0.3) is 0 Å². The lowest BCUT2D eigenvalue weighted by molar-refractivity contribution is 0.249. The summed E-state index contributed by atoms with van der Waals surface area (Å²) in [5.74, 6) is 0. The molecule has 0 amide bonds. The lowest BCUT2D eigenvalue weighted by atomic mass is 10.2. The smallest absolute Gasteiger partial charge is 0.329 e. The van der Waals surface area contributed by atoms with Crippen molar-refractivity contribution in [3.8, 4) is 0 Å². The average Bonchev–Trinajstić information content (AvgIpc) is 3.05. The Labute approximate surface area is 151 Å². The lowest BCUT2D eigenvalue weighted by Gasteiger charge is -2.22. The van der Waals surface area contributed by atoms with Crippen molar-refractivity contribution >= 4 is 29.0 Å². The van der Waals surface area contributed by atoms with Gasteiger partial charge in [-0.05, 0) is 54.5 Å². The van der Waals surface area contributed by atoms with E-state index in [1.807, 2.05) is 86.6 Å². The Kier molecular flexibility index (Phi) is 4.09. The SMILES string of the molecule is Cc1ccccc1P(=O)(On1nnc2ccccc21)c1ccccc1C. The summed E-state index contributed by atoms with van der Waals surface area (Å²) in [5.41, 5.74) is 3.18. The normalized spacial score (nSPS) is 11.6. The predicted octanol–water partition coefficient (Wildman–Crippen LogP) is 3.41. The average molecular weight is 363 g/mol. The van der Waals surface area contributed by atoms with Gasteiger partial charge < -0.3 is 4.62 Å². The molecule has 1 aromatic heterocycles. The molecule has 0 spiro atoms. The van der Waals surface area contributed by atoms with Crippen molar-refractivity contribution in [2.75, 3.05) is 0 Å². The van der Waals surface area contributed by atoms with Crippen LogP contribution >= 0.6 is 7.37 Å². The number of hydrogen-bond acceptors (Lipinski definition) is 4. The third-order valence-corrected chi connectivity index (χ3v) is 7.04. The van der Waals surface area contributed by atoms with Gasteiger partial charge in [0, 0.05) is 0 Å². The molecule has 4 aromatic rings. The fourth-order valence-corrected chi connectivity index (χ4v) is 5.44. The van der Waals surface area contributed by atoms with E-state index in [2.05, 4.69) is 10.3 Å². The number of para-hydroxylation sites is 1. The maximum Gasteiger partial charge on any atom is 0.330 e. The summed E-state index contributed by atoms with van der Waals surface area (Å²) in [6.45, 7) is 3.87. The molecule has 0 N–H and O–H groups in total. The molecule has 0 saturated carbocycles. The molecule has 3 aromatic carbocycles. The highest BCUT2D eigenvalue weighted by atomic mass is 31.2. The van der Waals surface area contributed by atoms with Crippen LogP contribution in [0.1, 0.15) is 11.1 Å². The van der Waals surface area contributed by atoms with Crippen LogP contribution in [0, 0.1) is 13.8 Å². The van der Waals surface area contributed by atoms with Gasteiger partial charge in [-0.1, -0.05) is 53.4 Å². The molecule has 0 fully saturated rings. The first kappa shape index (κ1) is 16.6. The van der Waals surface area contributed by atoms with Gasteiger partial charge in [-0.25, -0.2) is 0 Å². The van der Waals surface area contributed by atoms with E-state index in [9.17, 15) is 4.57 Å². The van der Waals surface area contributed by atoms with Gasteiger partial charge in [0.1, 0.15) is 11.0 Å². The summed E-state index contributed by atoms with van der Waals surface area (Å²) in [5, 5.41) is 9.49. The van der Waals surface area contributed by atoms with Crippen molar-refractivity contribution in [1.82, 2.24) is 15.2 Å². The van der Waals surface area contributed by atoms with E-state index >= 15 is 0 Å². The molecule has 0 atom stereocenters. The highest BCUT2D eigenvalue weighted by Gasteiger charge is 2.34. The van der Waals surface area contributed by atoms with E-state index in [0.29, 0.717) is 21.6 Å². The zero-order chi connectivity index (χ0) is 18.1. The molecule has 0 aliphatic heterocycles. The number of rotatable bonds is 4. The summed E-state index contributed by atoms with van der Waals surface area (Å²) in [4.78, 5) is 1.27. The number of fused-ring (bicyclic) bond motifs is 1. The maximum absolute atomic E-state index is 14.3. The summed E-state index contributed by atoms with van der Waals surface area (Å²) in [7, 11) is -3.43. The molecule has 0 aliphatic rings. The second-order valence-corrected chi connectivity index (χ2v) is 8.39. The topological polar surface area (TPSA) is 57.0 Å². The van der Waals surface area contributed by atoms with E-state index in [0.717, 1.165) is 11.1 Å². The van der Waals surface area contributed by atoms with E-state index in [-0.39, 0.29) is 0 Å². The summed E-state index contributed by atoms with van der Waals surface area (Å²) in [6.07, 6.45) is 0. The van der Waals surface area contributed by atoms with Crippen molar-refractivity contribution in [1.29, 1.82) is 0 Å². The van der Waals surface area contributed by atoms with Crippen LogP contribution in [-0.2, 0) is 4.57 Å². The summed E-state index contributed by atoms with van der Waals surface area (Å²) < 4.78 is 20.3. The van der Waals surface area contributed by atoms with Crippen LogP contribution in [0.15, 0.2) is 72.8 Å². The molecule has 6 heteroatoms. The second kappa shape index (κ2) is 6.43. The minimum atomic E-state index is -3.43. The van der Waals surface area contributed by atoms with Gasteiger partial charge in [0.15, 0.2) is 0 Å². The van der Waals surface area contributed by atoms with Crippen molar-refractivity contribution in [3.63, 3.8) is 0 Å². The van der Waals surface area contributed by atoms with Crippen LogP contribution in [0.25, 0.3) is 11.0 Å². The van der Waals surface area contributed by atoms with E-state index in [1.54, 1.807) is 0 Å². The second-order valence-electron chi connectivity index (χ2n) is 6.16. The zero-order valence-corrected chi connectivity index (χ0v) is 15.4. The molecule has 0 bridgehead atoms. The molecule has 1 heterocycles. The fraction of sp³-hybridized carbons (Fsp3) is 0.100. The van der Waals surface area contributed by atoms with Gasteiger partial charge in [-0.2, -0.15) is 0 Å². The Morgan fingerprint density at radius 3 is 1.96 bits per heavy atom. The minimum absolute atomic E-state index is 0.661. The molecule has 0 unspecified atom stereocenters. The van der Waals surface area contributed by atoms with Crippen LogP contribution in [0.2, 0.25) is 0 Å². The number of aryl methyl sites for hydroxylation is 2. The Hall–Kier alpha value is -2.91.